The third-order valence-electron chi connectivity index (χ3n) is 5.45. The first-order valence-corrected chi connectivity index (χ1v) is 12.6. The van der Waals surface area contributed by atoms with E-state index in [2.05, 4.69) is 20.8 Å². The van der Waals surface area contributed by atoms with Crippen molar-refractivity contribution in [1.29, 1.82) is 0 Å². The van der Waals surface area contributed by atoms with Crippen molar-refractivity contribution in [3.05, 3.63) is 58.3 Å². The van der Waals surface area contributed by atoms with Crippen LogP contribution in [0.5, 0.6) is 0 Å². The van der Waals surface area contributed by atoms with Gasteiger partial charge in [-0.25, -0.2) is 0 Å². The van der Waals surface area contributed by atoms with Crippen LogP contribution in [0.25, 0.3) is 0 Å². The molecule has 0 aliphatic carbocycles. The summed E-state index contributed by atoms with van der Waals surface area (Å²) >= 11 is 1.36. The minimum absolute atomic E-state index is 0.204. The molecule has 2 atom stereocenters. The van der Waals surface area contributed by atoms with Crippen molar-refractivity contribution in [2.75, 3.05) is 0 Å². The molecule has 0 spiro atoms. The lowest BCUT2D eigenvalue weighted by atomic mass is 9.90. The van der Waals surface area contributed by atoms with Crippen LogP contribution < -0.4 is 0 Å². The fourth-order valence-electron chi connectivity index (χ4n) is 3.57. The fourth-order valence-corrected chi connectivity index (χ4v) is 6.99. The van der Waals surface area contributed by atoms with Crippen molar-refractivity contribution in [1.82, 2.24) is 4.90 Å². The Morgan fingerprint density at radius 2 is 1.73 bits per heavy atom. The van der Waals surface area contributed by atoms with Crippen LogP contribution in [0.4, 0.5) is 0 Å². The first-order valence-electron chi connectivity index (χ1n) is 9.20. The number of amides is 2. The van der Waals surface area contributed by atoms with Crippen LogP contribution in [0.1, 0.15) is 42.0 Å². The van der Waals surface area contributed by atoms with E-state index in [4.69, 9.17) is 4.43 Å². The Morgan fingerprint density at radius 1 is 1.08 bits per heavy atom. The highest BCUT2D eigenvalue weighted by Crippen LogP contribution is 2.41. The smallest absolute Gasteiger partial charge is 0.271 e. The minimum Gasteiger partial charge on any atom is -0.403 e. The van der Waals surface area contributed by atoms with Gasteiger partial charge in [0, 0.05) is 0 Å². The van der Waals surface area contributed by atoms with E-state index in [9.17, 15) is 9.59 Å². The predicted molar refractivity (Wildman–Crippen MR) is 107 cm³/mol. The number of β-lactam (4-membered cyclic amide) rings is 1. The number of thiophene rings is 1. The van der Waals surface area contributed by atoms with E-state index < -0.39 is 14.4 Å². The first-order chi connectivity index (χ1) is 12.6. The Labute approximate surface area is 159 Å². The zero-order valence-electron chi connectivity index (χ0n) is 15.5. The summed E-state index contributed by atoms with van der Waals surface area (Å²) in [6.45, 7) is 6.44. The van der Waals surface area contributed by atoms with E-state index in [-0.39, 0.29) is 17.9 Å². The standard InChI is InChI=1S/C20H25NO3SSi/c1-4-26(5-2,6-3)24-18-17(15-11-8-7-9-12-15)21(20(18)23)19(22)16-13-10-14-25-16/h7-14,17-18H,4-6H2,1-3H3. The maximum Gasteiger partial charge on any atom is 0.271 e. The molecule has 1 saturated heterocycles. The summed E-state index contributed by atoms with van der Waals surface area (Å²) in [5.41, 5.74) is 0.952. The molecular formula is C20H25NO3SSi. The lowest BCUT2D eigenvalue weighted by Crippen LogP contribution is -2.64. The molecule has 26 heavy (non-hydrogen) atoms. The summed E-state index contributed by atoms with van der Waals surface area (Å²) in [4.78, 5) is 27.8. The molecule has 2 heterocycles. The SMILES string of the molecule is CC[Si](CC)(CC)OC1C(=O)N(C(=O)c2cccs2)C1c1ccccc1. The van der Waals surface area contributed by atoms with E-state index in [0.29, 0.717) is 4.88 Å². The molecule has 1 aromatic carbocycles. The van der Waals surface area contributed by atoms with Crippen molar-refractivity contribution in [3.8, 4) is 0 Å². The molecule has 6 heteroatoms. The molecule has 0 radical (unpaired) electrons. The molecule has 1 aliphatic rings. The van der Waals surface area contributed by atoms with E-state index in [1.165, 1.54) is 16.2 Å². The topological polar surface area (TPSA) is 46.6 Å². The highest BCUT2D eigenvalue weighted by Gasteiger charge is 2.54. The fraction of sp³-hybridized carbons (Fsp3) is 0.400. The molecule has 1 fully saturated rings. The molecule has 2 amide bonds. The van der Waals surface area contributed by atoms with Crippen LogP contribution >= 0.6 is 11.3 Å². The van der Waals surface area contributed by atoms with Gasteiger partial charge in [0.25, 0.3) is 11.8 Å². The van der Waals surface area contributed by atoms with Crippen LogP contribution in [-0.4, -0.2) is 31.1 Å². The zero-order valence-corrected chi connectivity index (χ0v) is 17.3. The molecule has 0 bridgehead atoms. The molecule has 0 saturated carbocycles. The van der Waals surface area contributed by atoms with E-state index in [1.807, 2.05) is 41.8 Å². The van der Waals surface area contributed by atoms with Crippen LogP contribution in [0.3, 0.4) is 0 Å². The summed E-state index contributed by atoms with van der Waals surface area (Å²) < 4.78 is 6.50. The Bertz CT molecular complexity index is 750. The monoisotopic (exact) mass is 387 g/mol. The van der Waals surface area contributed by atoms with Gasteiger partial charge in [0.05, 0.1) is 10.9 Å². The maximum atomic E-state index is 12.9. The largest absolute Gasteiger partial charge is 0.403 e. The molecule has 1 aromatic heterocycles. The maximum absolute atomic E-state index is 12.9. The van der Waals surface area contributed by atoms with E-state index in [1.54, 1.807) is 6.07 Å². The van der Waals surface area contributed by atoms with Crippen LogP contribution in [-0.2, 0) is 9.22 Å². The molecule has 2 unspecified atom stereocenters. The van der Waals surface area contributed by atoms with Gasteiger partial charge in [-0.05, 0) is 35.1 Å². The number of hydrogen-bond acceptors (Lipinski definition) is 4. The van der Waals surface area contributed by atoms with Crippen LogP contribution in [0.15, 0.2) is 47.8 Å². The van der Waals surface area contributed by atoms with Crippen molar-refractivity contribution >= 4 is 31.5 Å². The Kier molecular flexibility index (Phi) is 5.75. The molecule has 0 N–H and O–H groups in total. The minimum atomic E-state index is -1.95. The van der Waals surface area contributed by atoms with Gasteiger partial charge in [0.2, 0.25) is 0 Å². The lowest BCUT2D eigenvalue weighted by Gasteiger charge is -2.48. The van der Waals surface area contributed by atoms with Crippen molar-refractivity contribution in [2.24, 2.45) is 0 Å². The van der Waals surface area contributed by atoms with Crippen molar-refractivity contribution in [3.63, 3.8) is 0 Å². The number of hydrogen-bond donors (Lipinski definition) is 0. The van der Waals surface area contributed by atoms with Gasteiger partial charge in [-0.2, -0.15) is 0 Å². The van der Waals surface area contributed by atoms with Crippen molar-refractivity contribution < 1.29 is 14.0 Å². The Morgan fingerprint density at radius 3 is 2.27 bits per heavy atom. The van der Waals surface area contributed by atoms with E-state index in [0.717, 1.165) is 23.7 Å². The van der Waals surface area contributed by atoms with Gasteiger partial charge in [0.1, 0.15) is 0 Å². The first kappa shape index (κ1) is 19.0. The molecular weight excluding hydrogens is 362 g/mol. The predicted octanol–water partition coefficient (Wildman–Crippen LogP) is 4.86. The van der Waals surface area contributed by atoms with Gasteiger partial charge in [-0.3, -0.25) is 14.5 Å². The number of carbonyl (C=O) groups excluding carboxylic acids is 2. The molecule has 138 valence electrons. The normalized spacial score (nSPS) is 20.1. The summed E-state index contributed by atoms with van der Waals surface area (Å²) in [6.07, 6.45) is -0.548. The van der Waals surface area contributed by atoms with Crippen LogP contribution in [0, 0.1) is 0 Å². The molecule has 3 rings (SSSR count). The number of likely N-dealkylation sites (tertiary alicyclic amines) is 1. The number of nitrogens with zero attached hydrogens (tertiary/aromatic N) is 1. The summed E-state index contributed by atoms with van der Waals surface area (Å²) in [5, 5.41) is 1.85. The van der Waals surface area contributed by atoms with Gasteiger partial charge in [-0.15, -0.1) is 11.3 Å². The highest BCUT2D eigenvalue weighted by molar-refractivity contribution is 7.12. The van der Waals surface area contributed by atoms with Gasteiger partial charge in [-0.1, -0.05) is 57.2 Å². The quantitative estimate of drug-likeness (QED) is 0.387. The van der Waals surface area contributed by atoms with Crippen molar-refractivity contribution in [2.45, 2.75) is 51.0 Å². The van der Waals surface area contributed by atoms with Gasteiger partial charge >= 0.3 is 0 Å². The number of carbonyl (C=O) groups is 2. The number of imide groups is 1. The average molecular weight is 388 g/mol. The summed E-state index contributed by atoms with van der Waals surface area (Å²) in [6, 6.07) is 15.9. The lowest BCUT2D eigenvalue weighted by molar-refractivity contribution is -0.158. The van der Waals surface area contributed by atoms with Gasteiger partial charge < -0.3 is 4.43 Å². The van der Waals surface area contributed by atoms with Crippen LogP contribution in [0.2, 0.25) is 18.1 Å². The summed E-state index contributed by atoms with van der Waals surface area (Å²) in [5.74, 6) is -0.431. The summed E-state index contributed by atoms with van der Waals surface area (Å²) in [7, 11) is -1.95. The highest BCUT2D eigenvalue weighted by atomic mass is 32.1. The average Bonchev–Trinajstić information content (AvgIpc) is 3.22. The molecule has 1 aliphatic heterocycles. The third-order valence-corrected chi connectivity index (χ3v) is 10.9. The second kappa shape index (κ2) is 7.86. The second-order valence-corrected chi connectivity index (χ2v) is 12.3. The molecule has 4 nitrogen and oxygen atoms in total. The Hall–Kier alpha value is -1.76. The van der Waals surface area contributed by atoms with E-state index >= 15 is 0 Å². The Balaban J connectivity index is 1.93. The number of rotatable bonds is 7. The number of benzene rings is 1. The van der Waals surface area contributed by atoms with Gasteiger partial charge in [0.15, 0.2) is 14.4 Å². The second-order valence-electron chi connectivity index (χ2n) is 6.63. The third kappa shape index (κ3) is 3.29. The molecule has 2 aromatic rings. The zero-order chi connectivity index (χ0) is 18.7.